The second-order valence-electron chi connectivity index (χ2n) is 6.08. The molecule has 0 amide bonds. The highest BCUT2D eigenvalue weighted by molar-refractivity contribution is 6.00. The van der Waals surface area contributed by atoms with E-state index in [4.69, 9.17) is 0 Å². The fraction of sp³-hybridized carbons (Fsp3) is 0.588. The molecule has 1 aromatic carbocycles. The second kappa shape index (κ2) is 7.03. The topological polar surface area (TPSA) is 40.5 Å². The summed E-state index contributed by atoms with van der Waals surface area (Å²) in [6.45, 7) is 2.45. The van der Waals surface area contributed by atoms with Crippen LogP contribution in [0.2, 0.25) is 0 Å². The minimum atomic E-state index is -0.498. The molecule has 0 aromatic heterocycles. The molecule has 4 heteroatoms. The van der Waals surface area contributed by atoms with E-state index in [2.05, 4.69) is 6.92 Å². The van der Waals surface area contributed by atoms with E-state index in [1.165, 1.54) is 25.3 Å². The van der Waals surface area contributed by atoms with Crippen LogP contribution in [-0.2, 0) is 0 Å². The van der Waals surface area contributed by atoms with Gasteiger partial charge >= 0.3 is 0 Å². The van der Waals surface area contributed by atoms with Gasteiger partial charge in [0.15, 0.2) is 5.78 Å². The molecule has 1 aromatic rings. The number of carbonyl (C=O) groups excluding carboxylic acids is 1. The number of carbonyl (C=O) groups is 1. The van der Waals surface area contributed by atoms with Crippen LogP contribution in [-0.4, -0.2) is 35.4 Å². The third-order valence-corrected chi connectivity index (χ3v) is 4.67. The summed E-state index contributed by atoms with van der Waals surface area (Å²) >= 11 is 0. The maximum Gasteiger partial charge on any atom is 0.180 e. The third-order valence-electron chi connectivity index (χ3n) is 4.67. The van der Waals surface area contributed by atoms with Crippen molar-refractivity contribution >= 4 is 5.78 Å². The van der Waals surface area contributed by atoms with Gasteiger partial charge in [-0.25, -0.2) is 4.39 Å². The van der Waals surface area contributed by atoms with Crippen molar-refractivity contribution in [3.8, 4) is 5.75 Å². The Morgan fingerprint density at radius 2 is 2.00 bits per heavy atom. The highest BCUT2D eigenvalue weighted by atomic mass is 19.1. The fourth-order valence-corrected chi connectivity index (χ4v) is 3.17. The Bertz CT molecular complexity index is 496. The highest BCUT2D eigenvalue weighted by Crippen LogP contribution is 2.29. The van der Waals surface area contributed by atoms with Crippen LogP contribution in [0.15, 0.2) is 18.2 Å². The van der Waals surface area contributed by atoms with Crippen LogP contribution in [0.25, 0.3) is 0 Å². The Hall–Kier alpha value is -1.42. The van der Waals surface area contributed by atoms with Gasteiger partial charge in [0.1, 0.15) is 11.6 Å². The molecule has 21 heavy (non-hydrogen) atoms. The summed E-state index contributed by atoms with van der Waals surface area (Å²) in [7, 11) is 1.94. The van der Waals surface area contributed by atoms with E-state index in [0.29, 0.717) is 6.04 Å². The molecule has 1 fully saturated rings. The van der Waals surface area contributed by atoms with Crippen LogP contribution >= 0.6 is 0 Å². The molecule has 0 unspecified atom stereocenters. The van der Waals surface area contributed by atoms with E-state index >= 15 is 0 Å². The van der Waals surface area contributed by atoms with Crippen LogP contribution in [0, 0.1) is 11.7 Å². The van der Waals surface area contributed by atoms with Crippen molar-refractivity contribution in [2.45, 2.75) is 45.1 Å². The number of benzene rings is 1. The average Bonchev–Trinajstić information content (AvgIpc) is 2.49. The number of ketones is 1. The van der Waals surface area contributed by atoms with Crippen molar-refractivity contribution in [2.24, 2.45) is 5.92 Å². The lowest BCUT2D eigenvalue weighted by atomic mass is 9.84. The molecule has 0 saturated heterocycles. The van der Waals surface area contributed by atoms with Gasteiger partial charge in [-0.05, 0) is 56.8 Å². The number of phenolic OH excluding ortho intramolecular Hbond substituents is 1. The van der Waals surface area contributed by atoms with Gasteiger partial charge in [-0.2, -0.15) is 0 Å². The molecule has 0 radical (unpaired) electrons. The number of aromatic hydroxyl groups is 1. The normalized spacial score (nSPS) is 22.5. The first-order chi connectivity index (χ1) is 10.0. The summed E-state index contributed by atoms with van der Waals surface area (Å²) < 4.78 is 13.2. The van der Waals surface area contributed by atoms with Gasteiger partial charge in [-0.3, -0.25) is 9.69 Å². The lowest BCUT2D eigenvalue weighted by molar-refractivity contribution is 0.0882. The molecule has 1 N–H and O–H groups in total. The van der Waals surface area contributed by atoms with Gasteiger partial charge in [-0.1, -0.05) is 13.3 Å². The fourth-order valence-electron chi connectivity index (χ4n) is 3.17. The van der Waals surface area contributed by atoms with E-state index in [0.717, 1.165) is 30.9 Å². The largest absolute Gasteiger partial charge is 0.507 e. The number of rotatable bonds is 5. The number of halogens is 1. The number of hydrogen-bond donors (Lipinski definition) is 1. The van der Waals surface area contributed by atoms with Crippen molar-refractivity contribution in [2.75, 3.05) is 13.6 Å². The molecule has 0 heterocycles. The monoisotopic (exact) mass is 293 g/mol. The standard InChI is InChI=1S/C17H24FNO2/c1-3-12-4-7-14(8-5-12)19(2)11-17(21)15-10-13(18)6-9-16(15)20/h6,9-10,12,14,20H,3-5,7-8,11H2,1-2H3. The quantitative estimate of drug-likeness (QED) is 0.843. The minimum Gasteiger partial charge on any atom is -0.507 e. The van der Waals surface area contributed by atoms with E-state index < -0.39 is 5.82 Å². The number of likely N-dealkylation sites (N-methyl/N-ethyl adjacent to an activating group) is 1. The van der Waals surface area contributed by atoms with Gasteiger partial charge in [0.05, 0.1) is 12.1 Å². The Labute approximate surface area is 125 Å². The highest BCUT2D eigenvalue weighted by Gasteiger charge is 2.25. The van der Waals surface area contributed by atoms with Crippen LogP contribution in [0.4, 0.5) is 4.39 Å². The van der Waals surface area contributed by atoms with Gasteiger partial charge < -0.3 is 5.11 Å². The Balaban J connectivity index is 1.95. The molecule has 1 saturated carbocycles. The van der Waals surface area contributed by atoms with Crippen LogP contribution < -0.4 is 0 Å². The van der Waals surface area contributed by atoms with E-state index in [1.54, 1.807) is 0 Å². The van der Waals surface area contributed by atoms with Crippen molar-refractivity contribution in [3.63, 3.8) is 0 Å². The second-order valence-corrected chi connectivity index (χ2v) is 6.08. The molecule has 1 aliphatic carbocycles. The summed E-state index contributed by atoms with van der Waals surface area (Å²) in [5.74, 6) is -0.0588. The number of Topliss-reactive ketones (excluding diaryl/α,β-unsaturated/α-hetero) is 1. The zero-order valence-electron chi connectivity index (χ0n) is 12.8. The first kappa shape index (κ1) is 16.0. The number of hydrogen-bond acceptors (Lipinski definition) is 3. The molecule has 0 bridgehead atoms. The van der Waals surface area contributed by atoms with Crippen molar-refractivity contribution in [1.29, 1.82) is 0 Å². The zero-order valence-corrected chi connectivity index (χ0v) is 12.8. The van der Waals surface area contributed by atoms with Gasteiger partial charge in [0.2, 0.25) is 0 Å². The summed E-state index contributed by atoms with van der Waals surface area (Å²) in [6.07, 6.45) is 5.87. The van der Waals surface area contributed by atoms with Gasteiger partial charge in [0, 0.05) is 6.04 Å². The van der Waals surface area contributed by atoms with Crippen LogP contribution in [0.5, 0.6) is 5.75 Å². The SMILES string of the molecule is CCC1CCC(N(C)CC(=O)c2cc(F)ccc2O)CC1. The van der Waals surface area contributed by atoms with Crippen LogP contribution in [0.1, 0.15) is 49.4 Å². The molecule has 116 valence electrons. The van der Waals surface area contributed by atoms with Gasteiger partial charge in [-0.15, -0.1) is 0 Å². The summed E-state index contributed by atoms with van der Waals surface area (Å²) in [4.78, 5) is 14.3. The predicted octanol–water partition coefficient (Wildman–Crippen LogP) is 3.61. The summed E-state index contributed by atoms with van der Waals surface area (Å²) in [5.41, 5.74) is 0.0732. The zero-order chi connectivity index (χ0) is 15.4. The maximum atomic E-state index is 13.2. The summed E-state index contributed by atoms with van der Waals surface area (Å²) in [6, 6.07) is 3.91. The Morgan fingerprint density at radius 3 is 2.62 bits per heavy atom. The predicted molar refractivity (Wildman–Crippen MR) is 81.1 cm³/mol. The lowest BCUT2D eigenvalue weighted by Crippen LogP contribution is -2.38. The van der Waals surface area contributed by atoms with Crippen molar-refractivity contribution in [3.05, 3.63) is 29.6 Å². The molecule has 0 aliphatic heterocycles. The van der Waals surface area contributed by atoms with E-state index in [-0.39, 0.29) is 23.6 Å². The molecule has 1 aliphatic rings. The first-order valence-electron chi connectivity index (χ1n) is 7.73. The van der Waals surface area contributed by atoms with Crippen molar-refractivity contribution < 1.29 is 14.3 Å². The molecule has 0 spiro atoms. The molecular weight excluding hydrogens is 269 g/mol. The molecule has 3 nitrogen and oxygen atoms in total. The minimum absolute atomic E-state index is 0.0732. The maximum absolute atomic E-state index is 13.2. The summed E-state index contributed by atoms with van der Waals surface area (Å²) in [5, 5.41) is 9.69. The van der Waals surface area contributed by atoms with Crippen LogP contribution in [0.3, 0.4) is 0 Å². The third kappa shape index (κ3) is 4.03. The number of nitrogens with zero attached hydrogens (tertiary/aromatic N) is 1. The molecular formula is C17H24FNO2. The lowest BCUT2D eigenvalue weighted by Gasteiger charge is -2.34. The average molecular weight is 293 g/mol. The Kier molecular flexibility index (Phi) is 5.34. The van der Waals surface area contributed by atoms with Gasteiger partial charge in [0.25, 0.3) is 0 Å². The van der Waals surface area contributed by atoms with E-state index in [9.17, 15) is 14.3 Å². The first-order valence-corrected chi connectivity index (χ1v) is 7.73. The number of phenols is 1. The smallest absolute Gasteiger partial charge is 0.180 e. The van der Waals surface area contributed by atoms with E-state index in [1.807, 2.05) is 11.9 Å². The Morgan fingerprint density at radius 1 is 1.33 bits per heavy atom. The molecule has 0 atom stereocenters. The molecule has 2 rings (SSSR count). The van der Waals surface area contributed by atoms with Crippen molar-refractivity contribution in [1.82, 2.24) is 4.90 Å².